The van der Waals surface area contributed by atoms with Crippen molar-refractivity contribution in [2.45, 2.75) is 6.61 Å². The van der Waals surface area contributed by atoms with Crippen molar-refractivity contribution in [3.05, 3.63) is 54.1 Å². The van der Waals surface area contributed by atoms with Crippen LogP contribution in [0.25, 0.3) is 11.1 Å². The number of pyridine rings is 1. The molecule has 0 spiro atoms. The monoisotopic (exact) mass is 203 g/mol. The van der Waals surface area contributed by atoms with Crippen LogP contribution in [0.4, 0.5) is 4.39 Å². The molecule has 0 amide bonds. The minimum absolute atomic E-state index is 0.292. The number of nitrogens with zero attached hydrogens (tertiary/aromatic N) is 1. The summed E-state index contributed by atoms with van der Waals surface area (Å²) in [5.74, 6) is -0.381. The first-order chi connectivity index (χ1) is 7.33. The Hall–Kier alpha value is -1.74. The van der Waals surface area contributed by atoms with Gasteiger partial charge in [-0.05, 0) is 6.07 Å². The SMILES string of the molecule is OCc1cccc(-c2cccnc2)c1F. The highest BCUT2D eigenvalue weighted by molar-refractivity contribution is 5.63. The third-order valence-electron chi connectivity index (χ3n) is 2.22. The zero-order valence-corrected chi connectivity index (χ0v) is 8.02. The van der Waals surface area contributed by atoms with E-state index in [1.165, 1.54) is 0 Å². The summed E-state index contributed by atoms with van der Waals surface area (Å²) < 4.78 is 13.8. The minimum Gasteiger partial charge on any atom is -0.392 e. The van der Waals surface area contributed by atoms with Gasteiger partial charge < -0.3 is 5.11 Å². The van der Waals surface area contributed by atoms with Crippen LogP contribution in [0.3, 0.4) is 0 Å². The molecule has 0 saturated heterocycles. The lowest BCUT2D eigenvalue weighted by Crippen LogP contribution is -1.93. The topological polar surface area (TPSA) is 33.1 Å². The van der Waals surface area contributed by atoms with E-state index in [0.29, 0.717) is 16.7 Å². The van der Waals surface area contributed by atoms with Gasteiger partial charge in [-0.15, -0.1) is 0 Å². The average Bonchev–Trinajstić information content (AvgIpc) is 2.30. The average molecular weight is 203 g/mol. The molecule has 0 aliphatic heterocycles. The molecule has 0 radical (unpaired) electrons. The largest absolute Gasteiger partial charge is 0.392 e. The van der Waals surface area contributed by atoms with E-state index in [4.69, 9.17) is 5.11 Å². The Bertz CT molecular complexity index is 456. The maximum absolute atomic E-state index is 13.8. The van der Waals surface area contributed by atoms with E-state index in [1.54, 1.807) is 42.7 Å². The molecule has 0 unspecified atom stereocenters. The van der Waals surface area contributed by atoms with Gasteiger partial charge in [-0.3, -0.25) is 4.98 Å². The molecule has 0 atom stereocenters. The summed E-state index contributed by atoms with van der Waals surface area (Å²) in [5, 5.41) is 8.93. The molecule has 2 rings (SSSR count). The van der Waals surface area contributed by atoms with Gasteiger partial charge in [0.2, 0.25) is 0 Å². The highest BCUT2D eigenvalue weighted by Gasteiger charge is 2.08. The second-order valence-corrected chi connectivity index (χ2v) is 3.18. The van der Waals surface area contributed by atoms with Crippen molar-refractivity contribution >= 4 is 0 Å². The Balaban J connectivity index is 2.54. The van der Waals surface area contributed by atoms with Gasteiger partial charge in [0.05, 0.1) is 6.61 Å². The molecular weight excluding hydrogens is 193 g/mol. The molecule has 2 aromatic rings. The van der Waals surface area contributed by atoms with E-state index in [9.17, 15) is 4.39 Å². The summed E-state index contributed by atoms with van der Waals surface area (Å²) in [5.41, 5.74) is 1.48. The Kier molecular flexibility index (Phi) is 2.74. The van der Waals surface area contributed by atoms with Gasteiger partial charge in [0, 0.05) is 29.1 Å². The predicted octanol–water partition coefficient (Wildman–Crippen LogP) is 2.38. The normalized spacial score (nSPS) is 10.3. The second kappa shape index (κ2) is 4.19. The highest BCUT2D eigenvalue weighted by atomic mass is 19.1. The van der Waals surface area contributed by atoms with Crippen molar-refractivity contribution in [3.8, 4) is 11.1 Å². The van der Waals surface area contributed by atoms with Crippen molar-refractivity contribution in [2.24, 2.45) is 0 Å². The summed E-state index contributed by atoms with van der Waals surface area (Å²) in [6.45, 7) is -0.292. The number of aliphatic hydroxyl groups excluding tert-OH is 1. The van der Waals surface area contributed by atoms with Crippen LogP contribution in [0.5, 0.6) is 0 Å². The third kappa shape index (κ3) is 1.87. The van der Waals surface area contributed by atoms with Gasteiger partial charge in [0.1, 0.15) is 5.82 Å². The number of hydrogen-bond acceptors (Lipinski definition) is 2. The molecule has 0 saturated carbocycles. The number of halogens is 1. The van der Waals surface area contributed by atoms with Crippen LogP contribution in [0.2, 0.25) is 0 Å². The lowest BCUT2D eigenvalue weighted by atomic mass is 10.0. The summed E-state index contributed by atoms with van der Waals surface area (Å²) in [6, 6.07) is 8.49. The quantitative estimate of drug-likeness (QED) is 0.812. The van der Waals surface area contributed by atoms with Crippen molar-refractivity contribution in [1.82, 2.24) is 4.98 Å². The molecule has 1 aromatic heterocycles. The molecule has 0 bridgehead atoms. The number of rotatable bonds is 2. The lowest BCUT2D eigenvalue weighted by molar-refractivity contribution is 0.276. The van der Waals surface area contributed by atoms with Crippen LogP contribution < -0.4 is 0 Å². The molecule has 1 heterocycles. The molecular formula is C12H10FNO. The summed E-state index contributed by atoms with van der Waals surface area (Å²) in [4.78, 5) is 3.93. The maximum atomic E-state index is 13.8. The van der Waals surface area contributed by atoms with E-state index < -0.39 is 0 Å². The third-order valence-corrected chi connectivity index (χ3v) is 2.22. The predicted molar refractivity (Wildman–Crippen MR) is 55.6 cm³/mol. The van der Waals surface area contributed by atoms with Crippen LogP contribution in [0.15, 0.2) is 42.7 Å². The Morgan fingerprint density at radius 1 is 1.20 bits per heavy atom. The van der Waals surface area contributed by atoms with Gasteiger partial charge >= 0.3 is 0 Å². The van der Waals surface area contributed by atoms with E-state index in [1.807, 2.05) is 0 Å². The number of hydrogen-bond donors (Lipinski definition) is 1. The van der Waals surface area contributed by atoms with Gasteiger partial charge in [-0.2, -0.15) is 0 Å². The second-order valence-electron chi connectivity index (χ2n) is 3.18. The highest BCUT2D eigenvalue weighted by Crippen LogP contribution is 2.23. The first-order valence-corrected chi connectivity index (χ1v) is 4.61. The first-order valence-electron chi connectivity index (χ1n) is 4.61. The molecule has 0 aliphatic rings. The Morgan fingerprint density at radius 3 is 2.73 bits per heavy atom. The smallest absolute Gasteiger partial charge is 0.136 e. The van der Waals surface area contributed by atoms with Crippen molar-refractivity contribution in [3.63, 3.8) is 0 Å². The van der Waals surface area contributed by atoms with Crippen molar-refractivity contribution in [1.29, 1.82) is 0 Å². The summed E-state index contributed by atoms with van der Waals surface area (Å²) >= 11 is 0. The number of aromatic nitrogens is 1. The van der Waals surface area contributed by atoms with Crippen LogP contribution in [0, 0.1) is 5.82 Å². The lowest BCUT2D eigenvalue weighted by Gasteiger charge is -2.05. The van der Waals surface area contributed by atoms with Gasteiger partial charge in [0.25, 0.3) is 0 Å². The number of benzene rings is 1. The zero-order chi connectivity index (χ0) is 10.7. The molecule has 0 fully saturated rings. The van der Waals surface area contributed by atoms with Gasteiger partial charge in [-0.1, -0.05) is 24.3 Å². The minimum atomic E-state index is -0.381. The standard InChI is InChI=1S/C12H10FNO/c13-12-10(8-15)3-1-5-11(12)9-4-2-6-14-7-9/h1-7,15H,8H2. The van der Waals surface area contributed by atoms with E-state index >= 15 is 0 Å². The fourth-order valence-electron chi connectivity index (χ4n) is 1.45. The number of aliphatic hydroxyl groups is 1. The molecule has 3 heteroatoms. The maximum Gasteiger partial charge on any atom is 0.136 e. The summed E-state index contributed by atoms with van der Waals surface area (Å²) in [6.07, 6.45) is 3.23. The van der Waals surface area contributed by atoms with Crippen LogP contribution in [-0.2, 0) is 6.61 Å². The van der Waals surface area contributed by atoms with E-state index in [2.05, 4.69) is 4.98 Å². The van der Waals surface area contributed by atoms with Crippen LogP contribution in [0.1, 0.15) is 5.56 Å². The molecule has 15 heavy (non-hydrogen) atoms. The van der Waals surface area contributed by atoms with Gasteiger partial charge in [0.15, 0.2) is 0 Å². The fourth-order valence-corrected chi connectivity index (χ4v) is 1.45. The Labute approximate surface area is 87.0 Å². The first kappa shape index (κ1) is 9.80. The Morgan fingerprint density at radius 2 is 2.07 bits per heavy atom. The molecule has 0 aliphatic carbocycles. The summed E-state index contributed by atoms with van der Waals surface area (Å²) in [7, 11) is 0. The fraction of sp³-hybridized carbons (Fsp3) is 0.0833. The van der Waals surface area contributed by atoms with Crippen molar-refractivity contribution < 1.29 is 9.50 Å². The zero-order valence-electron chi connectivity index (χ0n) is 8.02. The van der Waals surface area contributed by atoms with E-state index in [-0.39, 0.29) is 12.4 Å². The molecule has 1 N–H and O–H groups in total. The molecule has 2 nitrogen and oxygen atoms in total. The van der Waals surface area contributed by atoms with Crippen LogP contribution >= 0.6 is 0 Å². The molecule has 1 aromatic carbocycles. The van der Waals surface area contributed by atoms with Crippen LogP contribution in [-0.4, -0.2) is 10.1 Å². The van der Waals surface area contributed by atoms with Gasteiger partial charge in [-0.25, -0.2) is 4.39 Å². The van der Waals surface area contributed by atoms with Crippen molar-refractivity contribution in [2.75, 3.05) is 0 Å². The van der Waals surface area contributed by atoms with E-state index in [0.717, 1.165) is 0 Å². The molecule has 76 valence electrons.